The van der Waals surface area contributed by atoms with Crippen molar-refractivity contribution in [2.45, 2.75) is 13.2 Å². The van der Waals surface area contributed by atoms with Gasteiger partial charge in [-0.1, -0.05) is 34.1 Å². The minimum Gasteiger partial charge on any atom is -0.493 e. The van der Waals surface area contributed by atoms with Crippen molar-refractivity contribution in [3.8, 4) is 11.5 Å². The molecule has 0 atom stereocenters. The molecular formula is C19H18BrF2NO3. The van der Waals surface area contributed by atoms with Crippen molar-refractivity contribution in [2.24, 2.45) is 0 Å². The third-order valence-electron chi connectivity index (χ3n) is 3.53. The number of likely N-dealkylation sites (N-methyl/N-ethyl adjacent to an activating group) is 1. The Morgan fingerprint density at radius 1 is 1.19 bits per heavy atom. The first-order chi connectivity index (χ1) is 12.4. The number of hydrogen-bond acceptors (Lipinski definition) is 3. The predicted octanol–water partition coefficient (Wildman–Crippen LogP) is 4.73. The Hall–Kier alpha value is -2.41. The zero-order chi connectivity index (χ0) is 19.1. The number of rotatable bonds is 7. The van der Waals surface area contributed by atoms with Crippen LogP contribution < -0.4 is 9.47 Å². The Morgan fingerprint density at radius 2 is 1.88 bits per heavy atom. The highest BCUT2D eigenvalue weighted by Crippen LogP contribution is 2.29. The van der Waals surface area contributed by atoms with E-state index in [0.717, 1.165) is 10.0 Å². The second kappa shape index (κ2) is 9.33. The van der Waals surface area contributed by atoms with Gasteiger partial charge in [0.1, 0.15) is 0 Å². The number of nitrogens with zero attached hydrogens (tertiary/aromatic N) is 1. The molecule has 0 aliphatic heterocycles. The number of amides is 1. The maximum atomic E-state index is 12.3. The largest absolute Gasteiger partial charge is 0.493 e. The van der Waals surface area contributed by atoms with Gasteiger partial charge in [-0.3, -0.25) is 4.79 Å². The van der Waals surface area contributed by atoms with Gasteiger partial charge >= 0.3 is 6.61 Å². The number of alkyl halides is 2. The number of carbonyl (C=O) groups excluding carboxylic acids is 1. The fourth-order valence-corrected chi connectivity index (χ4v) is 2.48. The van der Waals surface area contributed by atoms with Gasteiger partial charge in [-0.15, -0.1) is 0 Å². The highest BCUT2D eigenvalue weighted by atomic mass is 79.9. The molecule has 2 aromatic carbocycles. The van der Waals surface area contributed by atoms with E-state index in [4.69, 9.17) is 4.74 Å². The molecule has 0 aliphatic rings. The highest BCUT2D eigenvalue weighted by molar-refractivity contribution is 9.10. The molecule has 0 spiro atoms. The van der Waals surface area contributed by atoms with Crippen LogP contribution >= 0.6 is 15.9 Å². The number of halogens is 3. The second-order valence-corrected chi connectivity index (χ2v) is 6.36. The van der Waals surface area contributed by atoms with E-state index in [2.05, 4.69) is 20.7 Å². The molecule has 7 heteroatoms. The van der Waals surface area contributed by atoms with Crippen molar-refractivity contribution >= 4 is 27.9 Å². The van der Waals surface area contributed by atoms with Crippen LogP contribution in [-0.4, -0.2) is 31.6 Å². The first kappa shape index (κ1) is 19.9. The van der Waals surface area contributed by atoms with Gasteiger partial charge in [-0.25, -0.2) is 0 Å². The van der Waals surface area contributed by atoms with E-state index in [1.54, 1.807) is 24.1 Å². The number of benzene rings is 2. The van der Waals surface area contributed by atoms with Crippen molar-refractivity contribution in [3.05, 3.63) is 64.1 Å². The molecule has 0 radical (unpaired) electrons. The van der Waals surface area contributed by atoms with Crippen LogP contribution in [0.5, 0.6) is 11.5 Å². The van der Waals surface area contributed by atoms with Crippen LogP contribution in [0.4, 0.5) is 8.78 Å². The lowest BCUT2D eigenvalue weighted by Crippen LogP contribution is -2.24. The SMILES string of the molecule is COc1cc(C=CC(=O)N(C)Cc2ccc(Br)cc2)ccc1OC(F)F. The van der Waals surface area contributed by atoms with Gasteiger partial charge in [0, 0.05) is 24.1 Å². The average molecular weight is 426 g/mol. The molecule has 1 amide bonds. The first-order valence-electron chi connectivity index (χ1n) is 7.69. The summed E-state index contributed by atoms with van der Waals surface area (Å²) in [4.78, 5) is 13.8. The zero-order valence-corrected chi connectivity index (χ0v) is 15.9. The van der Waals surface area contributed by atoms with E-state index in [1.807, 2.05) is 24.3 Å². The molecule has 4 nitrogen and oxygen atoms in total. The van der Waals surface area contributed by atoms with Crippen molar-refractivity contribution in [3.63, 3.8) is 0 Å². The molecule has 0 saturated heterocycles. The normalized spacial score (nSPS) is 11.0. The maximum absolute atomic E-state index is 12.3. The zero-order valence-electron chi connectivity index (χ0n) is 14.3. The fraction of sp³-hybridized carbons (Fsp3) is 0.211. The van der Waals surface area contributed by atoms with Crippen molar-refractivity contribution in [1.82, 2.24) is 4.90 Å². The highest BCUT2D eigenvalue weighted by Gasteiger charge is 2.11. The lowest BCUT2D eigenvalue weighted by Gasteiger charge is -2.15. The molecule has 0 aliphatic carbocycles. The van der Waals surface area contributed by atoms with Crippen LogP contribution in [0.25, 0.3) is 6.08 Å². The third-order valence-corrected chi connectivity index (χ3v) is 4.06. The van der Waals surface area contributed by atoms with E-state index >= 15 is 0 Å². The molecular weight excluding hydrogens is 408 g/mol. The third kappa shape index (κ3) is 5.84. The van der Waals surface area contributed by atoms with Crippen LogP contribution in [0.2, 0.25) is 0 Å². The summed E-state index contributed by atoms with van der Waals surface area (Å²) in [6.45, 7) is -2.46. The molecule has 0 N–H and O–H groups in total. The van der Waals surface area contributed by atoms with E-state index < -0.39 is 6.61 Å². The van der Waals surface area contributed by atoms with Crippen molar-refractivity contribution in [2.75, 3.05) is 14.2 Å². The summed E-state index contributed by atoms with van der Waals surface area (Å²) in [5.74, 6) is -0.0683. The van der Waals surface area contributed by atoms with Crippen LogP contribution in [-0.2, 0) is 11.3 Å². The lowest BCUT2D eigenvalue weighted by atomic mass is 10.1. The first-order valence-corrected chi connectivity index (χ1v) is 8.49. The van der Waals surface area contributed by atoms with E-state index in [9.17, 15) is 13.6 Å². The lowest BCUT2D eigenvalue weighted by molar-refractivity contribution is -0.125. The topological polar surface area (TPSA) is 38.8 Å². The predicted molar refractivity (Wildman–Crippen MR) is 99.3 cm³/mol. The van der Waals surface area contributed by atoms with Gasteiger partial charge in [-0.05, 0) is 41.5 Å². The summed E-state index contributed by atoms with van der Waals surface area (Å²) in [5, 5.41) is 0. The Balaban J connectivity index is 2.03. The van der Waals surface area contributed by atoms with E-state index in [0.29, 0.717) is 12.1 Å². The van der Waals surface area contributed by atoms with Gasteiger partial charge in [0.2, 0.25) is 5.91 Å². The molecule has 0 saturated carbocycles. The quantitative estimate of drug-likeness (QED) is 0.601. The van der Waals surface area contributed by atoms with Crippen molar-refractivity contribution < 1.29 is 23.0 Å². The van der Waals surface area contributed by atoms with Crippen molar-refractivity contribution in [1.29, 1.82) is 0 Å². The molecule has 0 aromatic heterocycles. The number of methoxy groups -OCH3 is 1. The van der Waals surface area contributed by atoms with Crippen LogP contribution in [0.3, 0.4) is 0 Å². The molecule has 0 heterocycles. The molecule has 2 rings (SSSR count). The molecule has 26 heavy (non-hydrogen) atoms. The summed E-state index contributed by atoms with van der Waals surface area (Å²) >= 11 is 3.37. The second-order valence-electron chi connectivity index (χ2n) is 5.44. The minimum absolute atomic E-state index is 0.0571. The minimum atomic E-state index is -2.93. The summed E-state index contributed by atoms with van der Waals surface area (Å²) < 4.78 is 35.1. The summed E-state index contributed by atoms with van der Waals surface area (Å²) in [7, 11) is 3.06. The summed E-state index contributed by atoms with van der Waals surface area (Å²) in [5.41, 5.74) is 1.64. The van der Waals surface area contributed by atoms with Gasteiger partial charge < -0.3 is 14.4 Å². The number of hydrogen-bond donors (Lipinski definition) is 0. The summed E-state index contributed by atoms with van der Waals surface area (Å²) in [6.07, 6.45) is 3.01. The Labute approximate surface area is 159 Å². The Morgan fingerprint density at radius 3 is 2.50 bits per heavy atom. The standard InChI is InChI=1S/C19H18BrF2NO3/c1-23(12-14-3-7-15(20)8-4-14)18(24)10-6-13-5-9-16(26-19(21)22)17(11-13)25-2/h3-11,19H,12H2,1-2H3. The number of ether oxygens (including phenoxy) is 2. The average Bonchev–Trinajstić information content (AvgIpc) is 2.62. The molecule has 2 aromatic rings. The Bertz CT molecular complexity index is 779. The molecule has 0 unspecified atom stereocenters. The Kier molecular flexibility index (Phi) is 7.15. The van der Waals surface area contributed by atoms with E-state index in [1.165, 1.54) is 25.3 Å². The fourth-order valence-electron chi connectivity index (χ4n) is 2.22. The number of carbonyl (C=O) groups is 1. The van der Waals surface area contributed by atoms with Gasteiger partial charge in [-0.2, -0.15) is 8.78 Å². The molecule has 138 valence electrons. The summed E-state index contributed by atoms with van der Waals surface area (Å²) in [6, 6.07) is 12.2. The van der Waals surface area contributed by atoms with Gasteiger partial charge in [0.15, 0.2) is 11.5 Å². The smallest absolute Gasteiger partial charge is 0.387 e. The van der Waals surface area contributed by atoms with Crippen LogP contribution in [0.1, 0.15) is 11.1 Å². The van der Waals surface area contributed by atoms with E-state index in [-0.39, 0.29) is 17.4 Å². The molecule has 0 bridgehead atoms. The van der Waals surface area contributed by atoms with Gasteiger partial charge in [0.25, 0.3) is 0 Å². The maximum Gasteiger partial charge on any atom is 0.387 e. The van der Waals surface area contributed by atoms with Crippen LogP contribution in [0, 0.1) is 0 Å². The van der Waals surface area contributed by atoms with Gasteiger partial charge in [0.05, 0.1) is 7.11 Å². The van der Waals surface area contributed by atoms with Crippen LogP contribution in [0.15, 0.2) is 53.0 Å². The monoisotopic (exact) mass is 425 g/mol. The molecule has 0 fully saturated rings.